The maximum atomic E-state index is 12.3. The number of anilines is 1. The Hall–Kier alpha value is -3.04. The van der Waals surface area contributed by atoms with E-state index in [4.69, 9.17) is 14.2 Å². The van der Waals surface area contributed by atoms with Crippen molar-refractivity contribution in [3.63, 3.8) is 0 Å². The fourth-order valence-electron chi connectivity index (χ4n) is 2.71. The highest BCUT2D eigenvalue weighted by atomic mass is 32.2. The third-order valence-electron chi connectivity index (χ3n) is 4.15. The number of ether oxygens (including phenoxy) is 3. The molecule has 3 rings (SSSR count). The lowest BCUT2D eigenvalue weighted by Crippen LogP contribution is -2.07. The van der Waals surface area contributed by atoms with Crippen LogP contribution in [0.3, 0.4) is 0 Å². The van der Waals surface area contributed by atoms with Crippen molar-refractivity contribution in [2.24, 2.45) is 0 Å². The molecule has 0 radical (unpaired) electrons. The lowest BCUT2D eigenvalue weighted by atomic mass is 10.1. The minimum absolute atomic E-state index is 0.298. The summed E-state index contributed by atoms with van der Waals surface area (Å²) in [5.41, 5.74) is 2.00. The molecule has 9 heteroatoms. The van der Waals surface area contributed by atoms with Crippen molar-refractivity contribution in [3.05, 3.63) is 64.7 Å². The highest BCUT2D eigenvalue weighted by molar-refractivity contribution is 7.97. The quantitative estimate of drug-likeness (QED) is 0.444. The van der Waals surface area contributed by atoms with Crippen molar-refractivity contribution in [1.82, 2.24) is 10.2 Å². The molecule has 1 heterocycles. The van der Waals surface area contributed by atoms with Crippen LogP contribution >= 0.6 is 23.1 Å². The molecule has 0 aliphatic carbocycles. The molecule has 2 aromatic carbocycles. The van der Waals surface area contributed by atoms with E-state index in [1.807, 2.05) is 18.2 Å². The van der Waals surface area contributed by atoms with Crippen LogP contribution in [-0.2, 0) is 16.3 Å². The third-order valence-corrected chi connectivity index (χ3v) is 6.18. The SMILES string of the molecule is COc1cc(/C=C/C(=O)Nc2nnc(CSCc3ccccc3)s2)cc(OC)c1OC. The van der Waals surface area contributed by atoms with Crippen molar-refractivity contribution >= 4 is 40.2 Å². The molecule has 7 nitrogen and oxygen atoms in total. The van der Waals surface area contributed by atoms with Gasteiger partial charge in [0.05, 0.1) is 21.3 Å². The minimum Gasteiger partial charge on any atom is -0.493 e. The predicted molar refractivity (Wildman–Crippen MR) is 125 cm³/mol. The molecule has 0 aliphatic heterocycles. The molecular weight excluding hydrogens is 434 g/mol. The normalized spacial score (nSPS) is 10.8. The summed E-state index contributed by atoms with van der Waals surface area (Å²) in [7, 11) is 4.63. The number of amides is 1. The summed E-state index contributed by atoms with van der Waals surface area (Å²) in [6.07, 6.45) is 3.09. The number of carbonyl (C=O) groups excluding carboxylic acids is 1. The number of nitrogens with zero attached hydrogens (tertiary/aromatic N) is 2. The second-order valence-electron chi connectivity index (χ2n) is 6.26. The van der Waals surface area contributed by atoms with Gasteiger partial charge < -0.3 is 14.2 Å². The van der Waals surface area contributed by atoms with Crippen LogP contribution in [0.4, 0.5) is 5.13 Å². The van der Waals surface area contributed by atoms with Gasteiger partial charge in [0.1, 0.15) is 5.01 Å². The van der Waals surface area contributed by atoms with Gasteiger partial charge in [0, 0.05) is 17.6 Å². The average Bonchev–Trinajstić information content (AvgIpc) is 3.24. The highest BCUT2D eigenvalue weighted by Crippen LogP contribution is 2.38. The van der Waals surface area contributed by atoms with Crippen molar-refractivity contribution in [2.75, 3.05) is 26.6 Å². The molecule has 1 N–H and O–H groups in total. The molecule has 0 unspecified atom stereocenters. The van der Waals surface area contributed by atoms with Crippen molar-refractivity contribution in [1.29, 1.82) is 0 Å². The Bertz CT molecular complexity index is 1010. The van der Waals surface area contributed by atoms with Gasteiger partial charge in [-0.25, -0.2) is 0 Å². The Morgan fingerprint density at radius 1 is 1.03 bits per heavy atom. The monoisotopic (exact) mass is 457 g/mol. The fraction of sp³-hybridized carbons (Fsp3) is 0.227. The number of benzene rings is 2. The molecular formula is C22H23N3O4S2. The first-order valence-electron chi connectivity index (χ1n) is 9.36. The summed E-state index contributed by atoms with van der Waals surface area (Å²) < 4.78 is 16.0. The molecule has 0 spiro atoms. The van der Waals surface area contributed by atoms with Gasteiger partial charge in [-0.05, 0) is 29.3 Å². The van der Waals surface area contributed by atoms with Crippen molar-refractivity contribution in [3.8, 4) is 17.2 Å². The van der Waals surface area contributed by atoms with Crippen LogP contribution in [0, 0.1) is 0 Å². The second-order valence-corrected chi connectivity index (χ2v) is 8.31. The van der Waals surface area contributed by atoms with Crippen LogP contribution in [0.2, 0.25) is 0 Å². The molecule has 1 aromatic heterocycles. The highest BCUT2D eigenvalue weighted by Gasteiger charge is 2.12. The van der Waals surface area contributed by atoms with Crippen molar-refractivity contribution in [2.45, 2.75) is 11.5 Å². The number of carbonyl (C=O) groups is 1. The lowest BCUT2D eigenvalue weighted by molar-refractivity contribution is -0.111. The molecule has 0 fully saturated rings. The van der Waals surface area contributed by atoms with E-state index in [0.29, 0.717) is 22.4 Å². The number of thioether (sulfide) groups is 1. The Balaban J connectivity index is 1.55. The number of hydrogen-bond donors (Lipinski definition) is 1. The van der Waals surface area contributed by atoms with Gasteiger partial charge >= 0.3 is 0 Å². The Kier molecular flexibility index (Phi) is 8.31. The molecule has 0 atom stereocenters. The smallest absolute Gasteiger partial charge is 0.250 e. The summed E-state index contributed by atoms with van der Waals surface area (Å²) in [6, 6.07) is 13.8. The Morgan fingerprint density at radius 2 is 1.74 bits per heavy atom. The van der Waals surface area contributed by atoms with Crippen LogP contribution in [0.15, 0.2) is 48.5 Å². The Morgan fingerprint density at radius 3 is 2.39 bits per heavy atom. The van der Waals surface area contributed by atoms with Crippen LogP contribution in [0.5, 0.6) is 17.2 Å². The van der Waals surface area contributed by atoms with Crippen LogP contribution < -0.4 is 19.5 Å². The van der Waals surface area contributed by atoms with Gasteiger partial charge in [-0.15, -0.1) is 22.0 Å². The topological polar surface area (TPSA) is 82.6 Å². The van der Waals surface area contributed by atoms with Gasteiger partial charge in [0.15, 0.2) is 11.5 Å². The fourth-order valence-corrected chi connectivity index (χ4v) is 4.50. The van der Waals surface area contributed by atoms with E-state index in [1.54, 1.807) is 51.3 Å². The van der Waals surface area contributed by atoms with Gasteiger partial charge in [0.25, 0.3) is 0 Å². The van der Waals surface area contributed by atoms with E-state index >= 15 is 0 Å². The number of rotatable bonds is 10. The minimum atomic E-state index is -0.298. The molecule has 0 saturated heterocycles. The molecule has 0 bridgehead atoms. The molecule has 3 aromatic rings. The summed E-state index contributed by atoms with van der Waals surface area (Å²) >= 11 is 3.13. The van der Waals surface area contributed by atoms with Gasteiger partial charge in [-0.3, -0.25) is 10.1 Å². The summed E-state index contributed by atoms with van der Waals surface area (Å²) in [5, 5.41) is 12.3. The standard InChI is InChI=1S/C22H23N3O4S2/c1-27-17-11-16(12-18(28-2)21(17)29-3)9-10-19(26)23-22-25-24-20(31-22)14-30-13-15-7-5-4-6-8-15/h4-12H,13-14H2,1-3H3,(H,23,25,26)/b10-9+. The number of aromatic nitrogens is 2. The lowest BCUT2D eigenvalue weighted by Gasteiger charge is -2.12. The largest absolute Gasteiger partial charge is 0.493 e. The number of nitrogens with one attached hydrogen (secondary N) is 1. The second kappa shape index (κ2) is 11.4. The summed E-state index contributed by atoms with van der Waals surface area (Å²) in [4.78, 5) is 12.3. The molecule has 0 saturated carbocycles. The van der Waals surface area contributed by atoms with E-state index in [9.17, 15) is 4.79 Å². The van der Waals surface area contributed by atoms with Crippen LogP contribution in [0.1, 0.15) is 16.1 Å². The van der Waals surface area contributed by atoms with E-state index in [1.165, 1.54) is 23.0 Å². The summed E-state index contributed by atoms with van der Waals surface area (Å²) in [5.74, 6) is 2.88. The third kappa shape index (κ3) is 6.47. The summed E-state index contributed by atoms with van der Waals surface area (Å²) in [6.45, 7) is 0. The zero-order valence-corrected chi connectivity index (χ0v) is 19.1. The molecule has 31 heavy (non-hydrogen) atoms. The van der Waals surface area contributed by atoms with E-state index in [-0.39, 0.29) is 5.91 Å². The first kappa shape index (κ1) is 22.6. The molecule has 1 amide bonds. The molecule has 0 aliphatic rings. The van der Waals surface area contributed by atoms with Crippen molar-refractivity contribution < 1.29 is 19.0 Å². The van der Waals surface area contributed by atoms with Gasteiger partial charge in [-0.2, -0.15) is 0 Å². The number of hydrogen-bond acceptors (Lipinski definition) is 8. The zero-order chi connectivity index (χ0) is 22.1. The molecule has 162 valence electrons. The zero-order valence-electron chi connectivity index (χ0n) is 17.5. The van der Waals surface area contributed by atoms with Gasteiger partial charge in [-0.1, -0.05) is 41.7 Å². The Labute approximate surface area is 189 Å². The van der Waals surface area contributed by atoms with E-state index < -0.39 is 0 Å². The van der Waals surface area contributed by atoms with Gasteiger partial charge in [0.2, 0.25) is 16.8 Å². The predicted octanol–water partition coefficient (Wildman–Crippen LogP) is 4.65. The first-order chi connectivity index (χ1) is 15.1. The van der Waals surface area contributed by atoms with Crippen LogP contribution in [0.25, 0.3) is 6.08 Å². The first-order valence-corrected chi connectivity index (χ1v) is 11.3. The van der Waals surface area contributed by atoms with Crippen LogP contribution in [-0.4, -0.2) is 37.4 Å². The van der Waals surface area contributed by atoms with E-state index in [0.717, 1.165) is 22.1 Å². The maximum Gasteiger partial charge on any atom is 0.250 e. The maximum absolute atomic E-state index is 12.3. The average molecular weight is 458 g/mol. The van der Waals surface area contributed by atoms with E-state index in [2.05, 4.69) is 27.6 Å². The number of methoxy groups -OCH3 is 3.